The number of hydrogen-bond acceptors (Lipinski definition) is 1. The molecule has 2 heteroatoms. The zero-order chi connectivity index (χ0) is 9.54. The lowest BCUT2D eigenvalue weighted by Crippen LogP contribution is -1.86. The Balaban J connectivity index is 2.30. The molecule has 1 aromatic carbocycles. The second kappa shape index (κ2) is 3.06. The van der Waals surface area contributed by atoms with E-state index in [9.17, 15) is 0 Å². The van der Waals surface area contributed by atoms with Crippen LogP contribution in [0.1, 0.15) is 24.3 Å². The third-order valence-electron chi connectivity index (χ3n) is 2.76. The molecule has 1 fully saturated rings. The van der Waals surface area contributed by atoms with Gasteiger partial charge < -0.3 is 0 Å². The third kappa shape index (κ3) is 1.25. The van der Waals surface area contributed by atoms with E-state index in [2.05, 4.69) is 39.1 Å². The van der Waals surface area contributed by atoms with Crippen molar-refractivity contribution in [1.82, 2.24) is 4.98 Å². The first kappa shape index (κ1) is 8.42. The van der Waals surface area contributed by atoms with E-state index in [1.54, 1.807) is 0 Å². The highest BCUT2D eigenvalue weighted by molar-refractivity contribution is 9.10. The summed E-state index contributed by atoms with van der Waals surface area (Å²) < 4.78 is 1.19. The molecule has 70 valence electrons. The van der Waals surface area contributed by atoms with Crippen LogP contribution in [0, 0.1) is 0 Å². The number of halogens is 1. The van der Waals surface area contributed by atoms with Gasteiger partial charge in [-0.1, -0.05) is 18.2 Å². The number of fused-ring (bicyclic) bond motifs is 1. The Bertz CT molecular complexity index is 489. The molecule has 0 atom stereocenters. The van der Waals surface area contributed by atoms with Crippen molar-refractivity contribution in [2.24, 2.45) is 0 Å². The largest absolute Gasteiger partial charge is 0.255 e. The highest BCUT2D eigenvalue weighted by atomic mass is 79.9. The molecule has 1 aliphatic carbocycles. The molecule has 0 N–H and O–H groups in total. The molecule has 1 nitrogen and oxygen atoms in total. The second-order valence-electron chi connectivity index (χ2n) is 3.82. The molecule has 0 amide bonds. The zero-order valence-electron chi connectivity index (χ0n) is 7.70. The fourth-order valence-electron chi connectivity index (χ4n) is 1.83. The van der Waals surface area contributed by atoms with Gasteiger partial charge in [0.15, 0.2) is 0 Å². The fourth-order valence-corrected chi connectivity index (χ4v) is 2.62. The predicted molar refractivity (Wildman–Crippen MR) is 61.4 cm³/mol. The molecule has 0 spiro atoms. The molecule has 1 saturated carbocycles. The third-order valence-corrected chi connectivity index (χ3v) is 3.59. The summed E-state index contributed by atoms with van der Waals surface area (Å²) in [4.78, 5) is 4.40. The van der Waals surface area contributed by atoms with E-state index in [4.69, 9.17) is 0 Å². The first-order valence-electron chi connectivity index (χ1n) is 4.89. The molecule has 0 saturated heterocycles. The Hall–Kier alpha value is -0.890. The van der Waals surface area contributed by atoms with Crippen molar-refractivity contribution in [3.05, 3.63) is 40.5 Å². The maximum absolute atomic E-state index is 4.40. The molecule has 0 radical (unpaired) electrons. The van der Waals surface area contributed by atoms with Crippen molar-refractivity contribution in [3.8, 4) is 0 Å². The van der Waals surface area contributed by atoms with Crippen LogP contribution < -0.4 is 0 Å². The van der Waals surface area contributed by atoms with Gasteiger partial charge in [-0.05, 0) is 46.3 Å². The molecule has 1 aromatic heterocycles. The van der Waals surface area contributed by atoms with E-state index in [1.807, 2.05) is 12.3 Å². The predicted octanol–water partition coefficient (Wildman–Crippen LogP) is 3.87. The van der Waals surface area contributed by atoms with Crippen LogP contribution in [-0.4, -0.2) is 4.98 Å². The minimum atomic E-state index is 0.774. The van der Waals surface area contributed by atoms with Gasteiger partial charge in [-0.3, -0.25) is 4.98 Å². The van der Waals surface area contributed by atoms with Crippen LogP contribution in [0.4, 0.5) is 0 Å². The molecular weight excluding hydrogens is 238 g/mol. The summed E-state index contributed by atoms with van der Waals surface area (Å²) in [5.74, 6) is 0.774. The highest BCUT2D eigenvalue weighted by Gasteiger charge is 2.26. The summed E-state index contributed by atoms with van der Waals surface area (Å²) in [6.07, 6.45) is 4.51. The molecule has 1 heterocycles. The Kier molecular flexibility index (Phi) is 1.84. The van der Waals surface area contributed by atoms with Gasteiger partial charge in [0.1, 0.15) is 0 Å². The van der Waals surface area contributed by atoms with Gasteiger partial charge in [0.25, 0.3) is 0 Å². The quantitative estimate of drug-likeness (QED) is 0.746. The van der Waals surface area contributed by atoms with Gasteiger partial charge in [-0.25, -0.2) is 0 Å². The summed E-state index contributed by atoms with van der Waals surface area (Å²) >= 11 is 3.66. The minimum Gasteiger partial charge on any atom is -0.255 e. The van der Waals surface area contributed by atoms with Crippen molar-refractivity contribution in [2.75, 3.05) is 0 Å². The van der Waals surface area contributed by atoms with E-state index >= 15 is 0 Å². The first-order valence-corrected chi connectivity index (χ1v) is 5.68. The molecule has 2 aromatic rings. The van der Waals surface area contributed by atoms with Gasteiger partial charge in [0, 0.05) is 16.1 Å². The average molecular weight is 248 g/mol. The van der Waals surface area contributed by atoms with Crippen LogP contribution >= 0.6 is 15.9 Å². The average Bonchev–Trinajstić information content (AvgIpc) is 3.03. The lowest BCUT2D eigenvalue weighted by Gasteiger charge is -2.05. The molecular formula is C12H10BrN. The van der Waals surface area contributed by atoms with Crippen molar-refractivity contribution in [3.63, 3.8) is 0 Å². The fraction of sp³-hybridized carbons (Fsp3) is 0.250. The number of hydrogen-bond donors (Lipinski definition) is 0. The number of nitrogens with zero attached hydrogens (tertiary/aromatic N) is 1. The number of aromatic nitrogens is 1. The number of benzene rings is 1. The van der Waals surface area contributed by atoms with Crippen LogP contribution in [0.3, 0.4) is 0 Å². The van der Waals surface area contributed by atoms with E-state index in [1.165, 1.54) is 28.3 Å². The van der Waals surface area contributed by atoms with Crippen LogP contribution in [0.25, 0.3) is 10.9 Å². The van der Waals surface area contributed by atoms with Gasteiger partial charge >= 0.3 is 0 Å². The molecule has 1 aliphatic rings. The summed E-state index contributed by atoms with van der Waals surface area (Å²) in [7, 11) is 0. The van der Waals surface area contributed by atoms with E-state index in [0.717, 1.165) is 11.4 Å². The maximum Gasteiger partial charge on any atom is 0.0846 e. The van der Waals surface area contributed by atoms with Crippen LogP contribution in [0.2, 0.25) is 0 Å². The Morgan fingerprint density at radius 2 is 2.07 bits per heavy atom. The normalized spacial score (nSPS) is 16.1. The van der Waals surface area contributed by atoms with Crippen LogP contribution in [0.5, 0.6) is 0 Å². The van der Waals surface area contributed by atoms with E-state index < -0.39 is 0 Å². The van der Waals surface area contributed by atoms with Crippen LogP contribution in [-0.2, 0) is 0 Å². The zero-order valence-corrected chi connectivity index (χ0v) is 9.29. The van der Waals surface area contributed by atoms with E-state index in [0.29, 0.717) is 0 Å². The van der Waals surface area contributed by atoms with Crippen molar-refractivity contribution < 1.29 is 0 Å². The van der Waals surface area contributed by atoms with Gasteiger partial charge in [0.05, 0.1) is 5.52 Å². The smallest absolute Gasteiger partial charge is 0.0846 e. The van der Waals surface area contributed by atoms with Gasteiger partial charge in [0.2, 0.25) is 0 Å². The Morgan fingerprint density at radius 1 is 1.21 bits per heavy atom. The monoisotopic (exact) mass is 247 g/mol. The number of pyridine rings is 1. The lowest BCUT2D eigenvalue weighted by atomic mass is 10.1. The summed E-state index contributed by atoms with van der Waals surface area (Å²) in [6, 6.07) is 8.47. The van der Waals surface area contributed by atoms with Crippen molar-refractivity contribution in [1.29, 1.82) is 0 Å². The Morgan fingerprint density at radius 3 is 2.86 bits per heavy atom. The SMILES string of the molecule is Brc1c(C2CC2)ccc2cccnc12. The topological polar surface area (TPSA) is 12.9 Å². The number of rotatable bonds is 1. The molecule has 0 bridgehead atoms. The van der Waals surface area contributed by atoms with Crippen molar-refractivity contribution in [2.45, 2.75) is 18.8 Å². The summed E-state index contributed by atoms with van der Waals surface area (Å²) in [5, 5.41) is 1.21. The summed E-state index contributed by atoms with van der Waals surface area (Å²) in [5.41, 5.74) is 2.52. The molecule has 0 aliphatic heterocycles. The first-order chi connectivity index (χ1) is 6.86. The lowest BCUT2D eigenvalue weighted by molar-refractivity contribution is 1.12. The van der Waals surface area contributed by atoms with Crippen LogP contribution in [0.15, 0.2) is 34.9 Å². The highest BCUT2D eigenvalue weighted by Crippen LogP contribution is 2.44. The standard InChI is InChI=1S/C12H10BrN/c13-11-10(8-3-4-8)6-5-9-2-1-7-14-12(9)11/h1-2,5-8H,3-4H2. The van der Waals surface area contributed by atoms with Gasteiger partial charge in [-0.2, -0.15) is 0 Å². The molecule has 0 unspecified atom stereocenters. The van der Waals surface area contributed by atoms with Crippen molar-refractivity contribution >= 4 is 26.8 Å². The Labute approximate surface area is 91.3 Å². The molecule has 14 heavy (non-hydrogen) atoms. The molecule has 3 rings (SSSR count). The maximum atomic E-state index is 4.40. The minimum absolute atomic E-state index is 0.774. The summed E-state index contributed by atoms with van der Waals surface area (Å²) in [6.45, 7) is 0. The van der Waals surface area contributed by atoms with E-state index in [-0.39, 0.29) is 0 Å². The van der Waals surface area contributed by atoms with Gasteiger partial charge in [-0.15, -0.1) is 0 Å². The second-order valence-corrected chi connectivity index (χ2v) is 4.61.